The summed E-state index contributed by atoms with van der Waals surface area (Å²) in [6.45, 7) is 2.78. The second kappa shape index (κ2) is 9.38. The van der Waals surface area contributed by atoms with Gasteiger partial charge in [0.05, 0.1) is 7.11 Å². The van der Waals surface area contributed by atoms with Gasteiger partial charge in [-0.05, 0) is 31.2 Å². The quantitative estimate of drug-likeness (QED) is 0.613. The van der Waals surface area contributed by atoms with E-state index >= 15 is 0 Å². The highest BCUT2D eigenvalue weighted by atomic mass is 32.1. The van der Waals surface area contributed by atoms with E-state index < -0.39 is 0 Å². The Morgan fingerprint density at radius 2 is 2.00 bits per heavy atom. The summed E-state index contributed by atoms with van der Waals surface area (Å²) >= 11 is 1.50. The highest BCUT2D eigenvalue weighted by Crippen LogP contribution is 2.38. The van der Waals surface area contributed by atoms with Gasteiger partial charge < -0.3 is 19.7 Å². The van der Waals surface area contributed by atoms with Crippen molar-refractivity contribution in [2.75, 3.05) is 31.8 Å². The van der Waals surface area contributed by atoms with Crippen LogP contribution < -0.4 is 15.0 Å². The fraction of sp³-hybridized carbons (Fsp3) is 0.478. The van der Waals surface area contributed by atoms with Crippen LogP contribution in [0.25, 0.3) is 10.3 Å². The monoisotopic (exact) mass is 453 g/mol. The minimum absolute atomic E-state index is 0.0338. The van der Waals surface area contributed by atoms with Crippen LogP contribution in [0.1, 0.15) is 43.0 Å². The van der Waals surface area contributed by atoms with Crippen molar-refractivity contribution in [3.8, 4) is 5.88 Å². The molecule has 32 heavy (non-hydrogen) atoms. The summed E-state index contributed by atoms with van der Waals surface area (Å²) in [6, 6.07) is 9.73. The van der Waals surface area contributed by atoms with Gasteiger partial charge in [-0.25, -0.2) is 4.98 Å². The second-order valence-electron chi connectivity index (χ2n) is 8.18. The molecular formula is C23H27N5O3S. The zero-order chi connectivity index (χ0) is 21.9. The van der Waals surface area contributed by atoms with E-state index in [2.05, 4.69) is 15.2 Å². The summed E-state index contributed by atoms with van der Waals surface area (Å²) in [5.74, 6) is 1.62. The molecule has 5 rings (SSSR count). The molecule has 2 aromatic heterocycles. The molecule has 0 radical (unpaired) electrons. The van der Waals surface area contributed by atoms with Crippen molar-refractivity contribution in [3.63, 3.8) is 0 Å². The average molecular weight is 454 g/mol. The number of rotatable bonds is 6. The molecule has 1 amide bonds. The lowest BCUT2D eigenvalue weighted by atomic mass is 9.99. The zero-order valence-corrected chi connectivity index (χ0v) is 18.9. The summed E-state index contributed by atoms with van der Waals surface area (Å²) < 4.78 is 11.9. The first-order chi connectivity index (χ1) is 15.7. The Balaban J connectivity index is 1.37. The molecule has 0 unspecified atom stereocenters. The Morgan fingerprint density at radius 3 is 2.78 bits per heavy atom. The number of amides is 1. The summed E-state index contributed by atoms with van der Waals surface area (Å²) in [6.07, 6.45) is 3.57. The number of fused-ring (bicyclic) bond motifs is 1. The van der Waals surface area contributed by atoms with E-state index in [1.165, 1.54) is 11.3 Å². The third-order valence-electron chi connectivity index (χ3n) is 6.12. The lowest BCUT2D eigenvalue weighted by Crippen LogP contribution is -2.43. The third kappa shape index (κ3) is 4.27. The van der Waals surface area contributed by atoms with Gasteiger partial charge in [0, 0.05) is 32.2 Å². The molecule has 3 aromatic rings. The number of ether oxygens (including phenoxy) is 2. The summed E-state index contributed by atoms with van der Waals surface area (Å²) in [5, 5.41) is 3.88. The Morgan fingerprint density at radius 1 is 1.19 bits per heavy atom. The second-order valence-corrected chi connectivity index (χ2v) is 9.16. The number of hydrogen-bond donors (Lipinski definition) is 1. The minimum atomic E-state index is -0.229. The maximum Gasteiger partial charge on any atom is 0.243 e. The zero-order valence-electron chi connectivity index (χ0n) is 18.1. The highest BCUT2D eigenvalue weighted by molar-refractivity contribution is 7.22. The summed E-state index contributed by atoms with van der Waals surface area (Å²) in [7, 11) is 1.63. The average Bonchev–Trinajstić information content (AvgIpc) is 3.50. The van der Waals surface area contributed by atoms with Gasteiger partial charge in [-0.3, -0.25) is 4.79 Å². The van der Waals surface area contributed by atoms with E-state index in [1.807, 2.05) is 30.3 Å². The van der Waals surface area contributed by atoms with Crippen molar-refractivity contribution < 1.29 is 14.3 Å². The van der Waals surface area contributed by atoms with Crippen LogP contribution in [0.3, 0.4) is 0 Å². The molecule has 2 aliphatic rings. The number of anilines is 1. The smallest absolute Gasteiger partial charge is 0.243 e. The molecule has 1 atom stereocenters. The van der Waals surface area contributed by atoms with Crippen LogP contribution in [0.2, 0.25) is 0 Å². The molecule has 1 aromatic carbocycles. The van der Waals surface area contributed by atoms with Crippen molar-refractivity contribution in [1.82, 2.24) is 20.3 Å². The van der Waals surface area contributed by atoms with Gasteiger partial charge in [0.15, 0.2) is 10.8 Å². The number of benzene rings is 1. The molecule has 168 valence electrons. The molecule has 0 saturated carbocycles. The van der Waals surface area contributed by atoms with E-state index in [9.17, 15) is 4.79 Å². The predicted molar refractivity (Wildman–Crippen MR) is 123 cm³/mol. The van der Waals surface area contributed by atoms with E-state index in [0.29, 0.717) is 18.1 Å². The molecule has 2 saturated heterocycles. The largest absolute Gasteiger partial charge is 0.480 e. The van der Waals surface area contributed by atoms with Crippen LogP contribution in [0, 0.1) is 0 Å². The lowest BCUT2D eigenvalue weighted by Gasteiger charge is -2.23. The van der Waals surface area contributed by atoms with E-state index in [-0.39, 0.29) is 17.9 Å². The van der Waals surface area contributed by atoms with Crippen LogP contribution in [0.4, 0.5) is 5.13 Å². The van der Waals surface area contributed by atoms with Crippen molar-refractivity contribution in [2.45, 2.75) is 44.2 Å². The normalized spacial score (nSPS) is 19.4. The van der Waals surface area contributed by atoms with Crippen LogP contribution in [-0.4, -0.2) is 53.8 Å². The first-order valence-electron chi connectivity index (χ1n) is 11.1. The van der Waals surface area contributed by atoms with Crippen LogP contribution in [0.5, 0.6) is 5.88 Å². The SMILES string of the molecule is COc1nc(C2CCOCC2)nc2nc(N3CCC[C@@H]3C(=O)NCc3ccccc3)sc12. The number of hydrogen-bond acceptors (Lipinski definition) is 8. The lowest BCUT2D eigenvalue weighted by molar-refractivity contribution is -0.122. The third-order valence-corrected chi connectivity index (χ3v) is 7.19. The fourth-order valence-electron chi connectivity index (χ4n) is 4.38. The number of carbonyl (C=O) groups is 1. The molecule has 0 spiro atoms. The van der Waals surface area contributed by atoms with Gasteiger partial charge in [-0.15, -0.1) is 0 Å². The highest BCUT2D eigenvalue weighted by Gasteiger charge is 2.33. The maximum absolute atomic E-state index is 13.0. The molecule has 2 aliphatic heterocycles. The Labute approximate surface area is 191 Å². The van der Waals surface area contributed by atoms with Crippen molar-refractivity contribution in [2.24, 2.45) is 0 Å². The van der Waals surface area contributed by atoms with Gasteiger partial charge in [-0.1, -0.05) is 41.7 Å². The fourth-order valence-corrected chi connectivity index (χ4v) is 5.42. The Bertz CT molecular complexity index is 1080. The van der Waals surface area contributed by atoms with Gasteiger partial charge in [-0.2, -0.15) is 9.97 Å². The Kier molecular flexibility index (Phi) is 6.18. The van der Waals surface area contributed by atoms with Crippen molar-refractivity contribution in [3.05, 3.63) is 41.7 Å². The van der Waals surface area contributed by atoms with Crippen molar-refractivity contribution >= 4 is 32.7 Å². The summed E-state index contributed by atoms with van der Waals surface area (Å²) in [5.41, 5.74) is 1.74. The summed E-state index contributed by atoms with van der Waals surface area (Å²) in [4.78, 5) is 29.3. The molecule has 0 aliphatic carbocycles. The number of nitrogens with one attached hydrogen (secondary N) is 1. The van der Waals surface area contributed by atoms with E-state index in [4.69, 9.17) is 19.4 Å². The number of aromatic nitrogens is 3. The first-order valence-corrected chi connectivity index (χ1v) is 11.9. The minimum Gasteiger partial charge on any atom is -0.480 e. The van der Waals surface area contributed by atoms with Crippen LogP contribution in [0.15, 0.2) is 30.3 Å². The van der Waals surface area contributed by atoms with Crippen LogP contribution >= 0.6 is 11.3 Å². The van der Waals surface area contributed by atoms with Gasteiger partial charge in [0.1, 0.15) is 16.6 Å². The van der Waals surface area contributed by atoms with Crippen LogP contribution in [-0.2, 0) is 16.1 Å². The maximum atomic E-state index is 13.0. The Hall–Kier alpha value is -2.78. The van der Waals surface area contributed by atoms with Gasteiger partial charge >= 0.3 is 0 Å². The molecule has 9 heteroatoms. The molecule has 2 fully saturated rings. The van der Waals surface area contributed by atoms with Crippen molar-refractivity contribution in [1.29, 1.82) is 0 Å². The standard InChI is InChI=1S/C23H27N5O3S/c1-30-22-18-20(25-19(26-22)16-9-12-31-13-10-16)27-23(32-18)28-11-5-8-17(28)21(29)24-14-15-6-3-2-4-7-15/h2-4,6-7,16-17H,5,8-14H2,1H3,(H,24,29)/t17-/m1/s1. The number of thiazole rings is 1. The van der Waals surface area contributed by atoms with E-state index in [0.717, 1.165) is 66.7 Å². The molecular weight excluding hydrogens is 426 g/mol. The molecule has 1 N–H and O–H groups in total. The molecule has 4 heterocycles. The predicted octanol–water partition coefficient (Wildman–Crippen LogP) is 3.27. The van der Waals surface area contributed by atoms with Gasteiger partial charge in [0.2, 0.25) is 11.8 Å². The van der Waals surface area contributed by atoms with E-state index in [1.54, 1.807) is 7.11 Å². The first kappa shape index (κ1) is 21.1. The number of methoxy groups -OCH3 is 1. The van der Waals surface area contributed by atoms with Gasteiger partial charge in [0.25, 0.3) is 0 Å². The molecule has 8 nitrogen and oxygen atoms in total. The topological polar surface area (TPSA) is 89.5 Å². The number of carbonyl (C=O) groups excluding carboxylic acids is 1. The molecule has 0 bridgehead atoms. The number of nitrogens with zero attached hydrogens (tertiary/aromatic N) is 4.